The first-order valence-electron chi connectivity index (χ1n) is 5.81. The molecule has 2 rings (SSSR count). The Morgan fingerprint density at radius 2 is 2.28 bits per heavy atom. The molecule has 98 valence electrons. The number of carbonyl (C=O) groups is 2. The number of hydrogen-bond donors (Lipinski definition) is 2. The molecule has 2 amide bonds. The van der Waals surface area contributed by atoms with Gasteiger partial charge in [0.2, 0.25) is 5.91 Å². The van der Waals surface area contributed by atoms with E-state index >= 15 is 0 Å². The van der Waals surface area contributed by atoms with Crippen LogP contribution in [0.5, 0.6) is 0 Å². The molecule has 0 aromatic carbocycles. The number of rotatable bonds is 4. The predicted molar refractivity (Wildman–Crippen MR) is 65.7 cm³/mol. The van der Waals surface area contributed by atoms with Gasteiger partial charge in [-0.3, -0.25) is 14.3 Å². The fourth-order valence-electron chi connectivity index (χ4n) is 1.69. The highest BCUT2D eigenvalue weighted by atomic mass is 16.2. The van der Waals surface area contributed by atoms with Crippen molar-refractivity contribution in [2.75, 3.05) is 19.3 Å². The minimum atomic E-state index is -0.307. The molecule has 1 aromatic rings. The first-order chi connectivity index (χ1) is 8.49. The summed E-state index contributed by atoms with van der Waals surface area (Å²) < 4.78 is 1.41. The summed E-state index contributed by atoms with van der Waals surface area (Å²) in [5.41, 5.74) is 6.29. The van der Waals surface area contributed by atoms with Gasteiger partial charge in [-0.1, -0.05) is 0 Å². The first kappa shape index (κ1) is 12.4. The highest BCUT2D eigenvalue weighted by molar-refractivity contribution is 5.98. The number of aryl methyl sites for hydroxylation is 1. The summed E-state index contributed by atoms with van der Waals surface area (Å²) in [7, 11) is 3.21. The fourth-order valence-corrected chi connectivity index (χ4v) is 1.69. The van der Waals surface area contributed by atoms with E-state index in [1.54, 1.807) is 14.1 Å². The second kappa shape index (κ2) is 4.67. The van der Waals surface area contributed by atoms with Gasteiger partial charge in [0.15, 0.2) is 0 Å². The third-order valence-corrected chi connectivity index (χ3v) is 2.84. The Kier molecular flexibility index (Phi) is 3.22. The monoisotopic (exact) mass is 251 g/mol. The Morgan fingerprint density at radius 3 is 2.78 bits per heavy atom. The minimum Gasteiger partial charge on any atom is -0.396 e. The van der Waals surface area contributed by atoms with Crippen molar-refractivity contribution in [2.45, 2.75) is 18.9 Å². The van der Waals surface area contributed by atoms with Crippen LogP contribution in [0.3, 0.4) is 0 Å². The zero-order valence-corrected chi connectivity index (χ0v) is 10.5. The predicted octanol–water partition coefficient (Wildman–Crippen LogP) is -0.647. The fraction of sp³-hybridized carbons (Fsp3) is 0.545. The third kappa shape index (κ3) is 2.61. The van der Waals surface area contributed by atoms with Gasteiger partial charge in [-0.15, -0.1) is 0 Å². The lowest BCUT2D eigenvalue weighted by molar-refractivity contribution is -0.121. The summed E-state index contributed by atoms with van der Waals surface area (Å²) in [6.45, 7) is 0.0277. The van der Waals surface area contributed by atoms with E-state index in [9.17, 15) is 9.59 Å². The van der Waals surface area contributed by atoms with Crippen molar-refractivity contribution in [3.05, 3.63) is 11.9 Å². The van der Waals surface area contributed by atoms with Gasteiger partial charge in [-0.05, 0) is 12.8 Å². The summed E-state index contributed by atoms with van der Waals surface area (Å²) in [5, 5.41) is 6.73. The van der Waals surface area contributed by atoms with Crippen molar-refractivity contribution in [3.63, 3.8) is 0 Å². The largest absolute Gasteiger partial charge is 0.396 e. The number of nitrogens with two attached hydrogens (primary N) is 1. The van der Waals surface area contributed by atoms with Gasteiger partial charge < -0.3 is 16.0 Å². The van der Waals surface area contributed by atoms with Gasteiger partial charge in [0.1, 0.15) is 5.69 Å². The molecule has 3 N–H and O–H groups in total. The Bertz CT molecular complexity index is 458. The van der Waals surface area contributed by atoms with E-state index in [0.29, 0.717) is 17.4 Å². The molecule has 0 saturated heterocycles. The van der Waals surface area contributed by atoms with Crippen LogP contribution in [-0.4, -0.2) is 46.1 Å². The van der Waals surface area contributed by atoms with Crippen LogP contribution >= 0.6 is 0 Å². The van der Waals surface area contributed by atoms with Crippen LogP contribution in [0, 0.1) is 0 Å². The van der Waals surface area contributed by atoms with Gasteiger partial charge in [0, 0.05) is 20.1 Å². The average molecular weight is 251 g/mol. The number of nitrogens with one attached hydrogen (secondary N) is 1. The Labute approximate surface area is 105 Å². The van der Waals surface area contributed by atoms with Gasteiger partial charge in [-0.25, -0.2) is 0 Å². The Morgan fingerprint density at radius 1 is 1.61 bits per heavy atom. The normalized spacial score (nSPS) is 14.3. The summed E-state index contributed by atoms with van der Waals surface area (Å²) in [6.07, 6.45) is 3.47. The van der Waals surface area contributed by atoms with Crippen LogP contribution in [-0.2, 0) is 11.8 Å². The van der Waals surface area contributed by atoms with Crippen LogP contribution in [0.25, 0.3) is 0 Å². The molecule has 1 fully saturated rings. The lowest BCUT2D eigenvalue weighted by atomic mass is 10.3. The van der Waals surface area contributed by atoms with Crippen molar-refractivity contribution >= 4 is 17.5 Å². The lowest BCUT2D eigenvalue weighted by Crippen LogP contribution is -2.39. The van der Waals surface area contributed by atoms with E-state index in [4.69, 9.17) is 5.73 Å². The van der Waals surface area contributed by atoms with Gasteiger partial charge in [-0.2, -0.15) is 5.10 Å². The average Bonchev–Trinajstić information content (AvgIpc) is 3.03. The van der Waals surface area contributed by atoms with Gasteiger partial charge in [0.25, 0.3) is 5.91 Å². The summed E-state index contributed by atoms with van der Waals surface area (Å²) in [4.78, 5) is 25.0. The molecular weight excluding hydrogens is 234 g/mol. The molecule has 0 unspecified atom stereocenters. The number of nitrogens with zero attached hydrogens (tertiary/aromatic N) is 3. The van der Waals surface area contributed by atoms with E-state index in [-0.39, 0.29) is 18.4 Å². The summed E-state index contributed by atoms with van der Waals surface area (Å²) in [6, 6.07) is 0.294. The molecule has 1 aromatic heterocycles. The van der Waals surface area contributed by atoms with Crippen molar-refractivity contribution in [1.82, 2.24) is 20.0 Å². The smallest absolute Gasteiger partial charge is 0.274 e. The zero-order chi connectivity index (χ0) is 13.3. The number of amides is 2. The van der Waals surface area contributed by atoms with Crippen molar-refractivity contribution in [1.29, 1.82) is 0 Å². The molecule has 0 atom stereocenters. The van der Waals surface area contributed by atoms with Crippen LogP contribution in [0.4, 0.5) is 5.69 Å². The second-order valence-electron chi connectivity index (χ2n) is 4.58. The molecule has 18 heavy (non-hydrogen) atoms. The maximum atomic E-state index is 12.1. The topological polar surface area (TPSA) is 93.2 Å². The number of likely N-dealkylation sites (N-methyl/N-ethyl adjacent to an activating group) is 1. The van der Waals surface area contributed by atoms with Gasteiger partial charge >= 0.3 is 0 Å². The van der Waals surface area contributed by atoms with Crippen molar-refractivity contribution < 1.29 is 9.59 Å². The van der Waals surface area contributed by atoms with Gasteiger partial charge in [0.05, 0.1) is 18.4 Å². The van der Waals surface area contributed by atoms with Crippen molar-refractivity contribution in [2.24, 2.45) is 7.05 Å². The quantitative estimate of drug-likeness (QED) is 0.744. The summed E-state index contributed by atoms with van der Waals surface area (Å²) in [5.74, 6) is -0.451. The maximum Gasteiger partial charge on any atom is 0.274 e. The van der Waals surface area contributed by atoms with E-state index in [1.165, 1.54) is 15.8 Å². The number of hydrogen-bond acceptors (Lipinski definition) is 4. The number of anilines is 1. The molecule has 1 aliphatic carbocycles. The standard InChI is InChI=1S/C11H17N5O2/c1-15(6-9(17)14-7-3-4-7)11(18)10-8(12)5-13-16(10)2/h5,7H,3-4,6,12H2,1-2H3,(H,14,17). The van der Waals surface area contributed by atoms with E-state index < -0.39 is 0 Å². The molecule has 0 aliphatic heterocycles. The highest BCUT2D eigenvalue weighted by Crippen LogP contribution is 2.18. The number of aromatic nitrogens is 2. The molecule has 1 saturated carbocycles. The molecule has 7 heteroatoms. The molecule has 0 radical (unpaired) electrons. The summed E-state index contributed by atoms with van der Waals surface area (Å²) >= 11 is 0. The maximum absolute atomic E-state index is 12.1. The van der Waals surface area contributed by atoms with Crippen molar-refractivity contribution in [3.8, 4) is 0 Å². The van der Waals surface area contributed by atoms with E-state index in [0.717, 1.165) is 12.8 Å². The van der Waals surface area contributed by atoms with Crippen LogP contribution in [0.15, 0.2) is 6.20 Å². The number of carbonyl (C=O) groups excluding carboxylic acids is 2. The molecular formula is C11H17N5O2. The number of nitrogen functional groups attached to an aromatic ring is 1. The molecule has 0 bridgehead atoms. The lowest BCUT2D eigenvalue weighted by Gasteiger charge is -2.17. The molecule has 0 spiro atoms. The SMILES string of the molecule is CN(CC(=O)NC1CC1)C(=O)c1c(N)cnn1C. The van der Waals surface area contributed by atoms with Crippen LogP contribution < -0.4 is 11.1 Å². The van der Waals surface area contributed by atoms with Crippen LogP contribution in [0.2, 0.25) is 0 Å². The third-order valence-electron chi connectivity index (χ3n) is 2.84. The van der Waals surface area contributed by atoms with Crippen LogP contribution in [0.1, 0.15) is 23.3 Å². The molecule has 7 nitrogen and oxygen atoms in total. The highest BCUT2D eigenvalue weighted by Gasteiger charge is 2.25. The Balaban J connectivity index is 1.97. The van der Waals surface area contributed by atoms with E-state index in [2.05, 4.69) is 10.4 Å². The molecule has 1 aliphatic rings. The zero-order valence-electron chi connectivity index (χ0n) is 10.5. The first-order valence-corrected chi connectivity index (χ1v) is 5.81. The minimum absolute atomic E-state index is 0.0277. The Hall–Kier alpha value is -2.05. The molecule has 1 heterocycles. The van der Waals surface area contributed by atoms with E-state index in [1.807, 2.05) is 0 Å². The second-order valence-corrected chi connectivity index (χ2v) is 4.58.